The van der Waals surface area contributed by atoms with Crippen molar-refractivity contribution in [1.82, 2.24) is 4.98 Å². The van der Waals surface area contributed by atoms with E-state index in [4.69, 9.17) is 0 Å². The number of aromatic nitrogens is 1. The Morgan fingerprint density at radius 3 is 2.95 bits per heavy atom. The summed E-state index contributed by atoms with van der Waals surface area (Å²) in [4.78, 5) is 7.86. The lowest BCUT2D eigenvalue weighted by Crippen LogP contribution is -2.24. The summed E-state index contributed by atoms with van der Waals surface area (Å²) in [6, 6.07) is 6.62. The average molecular weight is 274 g/mol. The molecule has 3 nitrogen and oxygen atoms in total. The summed E-state index contributed by atoms with van der Waals surface area (Å²) in [5, 5.41) is 10.3. The number of hydrogen-bond donors (Lipinski definition) is 1. The van der Waals surface area contributed by atoms with Crippen molar-refractivity contribution in [3.05, 3.63) is 39.9 Å². The van der Waals surface area contributed by atoms with Gasteiger partial charge in [0.05, 0.1) is 17.2 Å². The molecule has 0 saturated carbocycles. The van der Waals surface area contributed by atoms with E-state index < -0.39 is 0 Å². The second kappa shape index (κ2) is 4.94. The van der Waals surface area contributed by atoms with Crippen LogP contribution in [-0.2, 0) is 13.0 Å². The SMILES string of the molecule is Cc1ccc2c(c1)CCCN2c1nc(C)c(CO)s1. The van der Waals surface area contributed by atoms with E-state index in [1.807, 2.05) is 6.92 Å². The highest BCUT2D eigenvalue weighted by molar-refractivity contribution is 7.15. The maximum atomic E-state index is 9.31. The van der Waals surface area contributed by atoms with Crippen LogP contribution in [0.1, 0.15) is 28.1 Å². The second-order valence-corrected chi connectivity index (χ2v) is 6.11. The maximum absolute atomic E-state index is 9.31. The summed E-state index contributed by atoms with van der Waals surface area (Å²) in [6.07, 6.45) is 2.30. The van der Waals surface area contributed by atoms with Gasteiger partial charge < -0.3 is 10.0 Å². The Kier molecular flexibility index (Phi) is 3.29. The third-order valence-electron chi connectivity index (χ3n) is 3.61. The van der Waals surface area contributed by atoms with E-state index in [9.17, 15) is 5.11 Å². The Balaban J connectivity index is 2.03. The molecule has 1 N–H and O–H groups in total. The minimum Gasteiger partial charge on any atom is -0.391 e. The standard InChI is InChI=1S/C15H18N2OS/c1-10-5-6-13-12(8-10)4-3-7-17(13)15-16-11(2)14(9-18)19-15/h5-6,8,18H,3-4,7,9H2,1-2H3. The Morgan fingerprint density at radius 2 is 2.21 bits per heavy atom. The Labute approximate surface area is 117 Å². The number of thiazole rings is 1. The third-order valence-corrected chi connectivity index (χ3v) is 4.77. The van der Waals surface area contributed by atoms with Crippen LogP contribution in [0.25, 0.3) is 0 Å². The molecule has 0 saturated heterocycles. The lowest BCUT2D eigenvalue weighted by atomic mass is 10.00. The molecule has 2 heterocycles. The molecule has 0 spiro atoms. The van der Waals surface area contributed by atoms with E-state index in [0.717, 1.165) is 35.1 Å². The van der Waals surface area contributed by atoms with Crippen LogP contribution >= 0.6 is 11.3 Å². The minimum atomic E-state index is 0.0814. The predicted molar refractivity (Wildman–Crippen MR) is 79.3 cm³/mol. The normalized spacial score (nSPS) is 14.6. The molecular weight excluding hydrogens is 256 g/mol. The lowest BCUT2D eigenvalue weighted by Gasteiger charge is -2.29. The van der Waals surface area contributed by atoms with E-state index in [1.165, 1.54) is 16.8 Å². The summed E-state index contributed by atoms with van der Waals surface area (Å²) in [6.45, 7) is 5.19. The Bertz CT molecular complexity index is 606. The highest BCUT2D eigenvalue weighted by Gasteiger charge is 2.21. The molecule has 0 fully saturated rings. The number of aliphatic hydroxyl groups excluding tert-OH is 1. The van der Waals surface area contributed by atoms with Gasteiger partial charge >= 0.3 is 0 Å². The van der Waals surface area contributed by atoms with Gasteiger partial charge in [0.15, 0.2) is 5.13 Å². The molecule has 4 heteroatoms. The van der Waals surface area contributed by atoms with Gasteiger partial charge in [0.1, 0.15) is 0 Å². The third kappa shape index (κ3) is 2.26. The van der Waals surface area contributed by atoms with Crippen LogP contribution in [0.15, 0.2) is 18.2 Å². The number of anilines is 2. The number of rotatable bonds is 2. The molecule has 0 unspecified atom stereocenters. The van der Waals surface area contributed by atoms with Crippen molar-refractivity contribution in [2.24, 2.45) is 0 Å². The molecule has 1 aliphatic heterocycles. The van der Waals surface area contributed by atoms with Gasteiger partial charge in [-0.25, -0.2) is 4.98 Å². The number of aryl methyl sites for hydroxylation is 3. The first kappa shape index (κ1) is 12.6. The minimum absolute atomic E-state index is 0.0814. The topological polar surface area (TPSA) is 36.4 Å². The molecule has 1 aromatic carbocycles. The molecular formula is C15H18N2OS. The van der Waals surface area contributed by atoms with E-state index in [-0.39, 0.29) is 6.61 Å². The molecule has 0 amide bonds. The molecule has 3 rings (SSSR count). The fraction of sp³-hybridized carbons (Fsp3) is 0.400. The molecule has 0 bridgehead atoms. The first-order valence-electron chi connectivity index (χ1n) is 6.63. The highest BCUT2D eigenvalue weighted by atomic mass is 32.1. The van der Waals surface area contributed by atoms with Gasteiger partial charge in [0, 0.05) is 12.2 Å². The second-order valence-electron chi connectivity index (χ2n) is 5.05. The smallest absolute Gasteiger partial charge is 0.190 e. The first-order chi connectivity index (χ1) is 9.19. The van der Waals surface area contributed by atoms with Crippen LogP contribution in [0, 0.1) is 13.8 Å². The summed E-state index contributed by atoms with van der Waals surface area (Å²) in [5.41, 5.74) is 4.94. The van der Waals surface area contributed by atoms with E-state index in [0.29, 0.717) is 0 Å². The predicted octanol–water partition coefficient (Wildman–Crippen LogP) is 3.34. The molecule has 100 valence electrons. The van der Waals surface area contributed by atoms with Gasteiger partial charge in [-0.05, 0) is 38.3 Å². The number of nitrogens with zero attached hydrogens (tertiary/aromatic N) is 2. The Hall–Kier alpha value is -1.39. The van der Waals surface area contributed by atoms with Crippen molar-refractivity contribution in [2.75, 3.05) is 11.4 Å². The molecule has 0 radical (unpaired) electrons. The van der Waals surface area contributed by atoms with Crippen molar-refractivity contribution in [1.29, 1.82) is 0 Å². The van der Waals surface area contributed by atoms with Crippen molar-refractivity contribution in [3.63, 3.8) is 0 Å². The van der Waals surface area contributed by atoms with Gasteiger partial charge in [-0.1, -0.05) is 29.0 Å². The zero-order valence-corrected chi connectivity index (χ0v) is 12.1. The Morgan fingerprint density at radius 1 is 1.37 bits per heavy atom. The van der Waals surface area contributed by atoms with Gasteiger partial charge in [-0.15, -0.1) is 0 Å². The summed E-state index contributed by atoms with van der Waals surface area (Å²) in [7, 11) is 0. The van der Waals surface area contributed by atoms with Gasteiger partial charge in [-0.2, -0.15) is 0 Å². The van der Waals surface area contributed by atoms with Crippen molar-refractivity contribution in [3.8, 4) is 0 Å². The molecule has 19 heavy (non-hydrogen) atoms. The molecule has 1 aliphatic rings. The number of hydrogen-bond acceptors (Lipinski definition) is 4. The summed E-state index contributed by atoms with van der Waals surface area (Å²) < 4.78 is 0. The molecule has 2 aromatic rings. The first-order valence-corrected chi connectivity index (χ1v) is 7.45. The van der Waals surface area contributed by atoms with Gasteiger partial charge in [0.2, 0.25) is 0 Å². The molecule has 1 aromatic heterocycles. The number of aliphatic hydroxyl groups is 1. The van der Waals surface area contributed by atoms with Crippen LogP contribution in [0.3, 0.4) is 0 Å². The van der Waals surface area contributed by atoms with Crippen LogP contribution in [0.2, 0.25) is 0 Å². The lowest BCUT2D eigenvalue weighted by molar-refractivity contribution is 0.284. The van der Waals surface area contributed by atoms with Crippen molar-refractivity contribution >= 4 is 22.2 Å². The molecule has 0 aliphatic carbocycles. The zero-order valence-electron chi connectivity index (χ0n) is 11.3. The summed E-state index contributed by atoms with van der Waals surface area (Å²) >= 11 is 1.60. The maximum Gasteiger partial charge on any atom is 0.190 e. The number of benzene rings is 1. The fourth-order valence-corrected chi connectivity index (χ4v) is 3.56. The van der Waals surface area contributed by atoms with Gasteiger partial charge in [0.25, 0.3) is 0 Å². The van der Waals surface area contributed by atoms with E-state index in [1.54, 1.807) is 11.3 Å². The monoisotopic (exact) mass is 274 g/mol. The van der Waals surface area contributed by atoms with Crippen LogP contribution in [0.5, 0.6) is 0 Å². The van der Waals surface area contributed by atoms with Crippen LogP contribution in [0.4, 0.5) is 10.8 Å². The average Bonchev–Trinajstić information content (AvgIpc) is 2.78. The van der Waals surface area contributed by atoms with Crippen LogP contribution in [-0.4, -0.2) is 16.6 Å². The van der Waals surface area contributed by atoms with Crippen molar-refractivity contribution < 1.29 is 5.11 Å². The highest BCUT2D eigenvalue weighted by Crippen LogP contribution is 2.37. The van der Waals surface area contributed by atoms with E-state index in [2.05, 4.69) is 35.0 Å². The van der Waals surface area contributed by atoms with Crippen LogP contribution < -0.4 is 4.90 Å². The molecule has 0 atom stereocenters. The summed E-state index contributed by atoms with van der Waals surface area (Å²) in [5.74, 6) is 0. The van der Waals surface area contributed by atoms with Crippen molar-refractivity contribution in [2.45, 2.75) is 33.3 Å². The largest absolute Gasteiger partial charge is 0.391 e. The quantitative estimate of drug-likeness (QED) is 0.912. The van der Waals surface area contributed by atoms with E-state index >= 15 is 0 Å². The fourth-order valence-electron chi connectivity index (χ4n) is 2.60. The number of fused-ring (bicyclic) bond motifs is 1. The zero-order chi connectivity index (χ0) is 13.4. The van der Waals surface area contributed by atoms with Gasteiger partial charge in [-0.3, -0.25) is 0 Å².